The molecule has 0 heterocycles. The lowest BCUT2D eigenvalue weighted by molar-refractivity contribution is -0.123. The zero-order chi connectivity index (χ0) is 17.9. The van der Waals surface area contributed by atoms with E-state index in [1.54, 1.807) is 0 Å². The fraction of sp³-hybridized carbons (Fsp3) is 0.300. The second kappa shape index (κ2) is 7.30. The molecule has 0 aliphatic rings. The number of carbonyl (C=O) groups excluding carboxylic acids is 2. The molecule has 2 aromatic rings. The highest BCUT2D eigenvalue weighted by Crippen LogP contribution is 2.22. The molecular weight excluding hydrogens is 300 g/mol. The molecule has 0 saturated heterocycles. The molecule has 0 fully saturated rings. The molecule has 2 amide bonds. The molecule has 0 spiro atoms. The Bertz CT molecular complexity index is 771. The first-order chi connectivity index (χ1) is 11.3. The fourth-order valence-electron chi connectivity index (χ4n) is 2.73. The molecule has 0 aliphatic heterocycles. The molecule has 4 heteroatoms. The van der Waals surface area contributed by atoms with E-state index in [4.69, 9.17) is 0 Å². The van der Waals surface area contributed by atoms with Gasteiger partial charge in [-0.1, -0.05) is 23.8 Å². The van der Waals surface area contributed by atoms with Crippen molar-refractivity contribution in [3.05, 3.63) is 58.1 Å². The normalized spacial score (nSPS) is 10.4. The van der Waals surface area contributed by atoms with Crippen molar-refractivity contribution < 1.29 is 9.59 Å². The van der Waals surface area contributed by atoms with Crippen molar-refractivity contribution in [3.8, 4) is 0 Å². The highest BCUT2D eigenvalue weighted by atomic mass is 16.2. The van der Waals surface area contributed by atoms with Gasteiger partial charge in [0.15, 0.2) is 0 Å². The van der Waals surface area contributed by atoms with Crippen molar-refractivity contribution in [1.82, 2.24) is 0 Å². The van der Waals surface area contributed by atoms with E-state index in [1.165, 1.54) is 0 Å². The van der Waals surface area contributed by atoms with Gasteiger partial charge in [-0.05, 0) is 69.0 Å². The van der Waals surface area contributed by atoms with Gasteiger partial charge < -0.3 is 10.6 Å². The van der Waals surface area contributed by atoms with E-state index >= 15 is 0 Å². The summed E-state index contributed by atoms with van der Waals surface area (Å²) in [5, 5.41) is 5.61. The maximum atomic E-state index is 12.2. The lowest BCUT2D eigenvalue weighted by atomic mass is 10.0. The number of hydrogen-bond donors (Lipinski definition) is 2. The topological polar surface area (TPSA) is 58.2 Å². The van der Waals surface area contributed by atoms with Crippen molar-refractivity contribution in [2.24, 2.45) is 0 Å². The maximum Gasteiger partial charge on any atom is 0.233 e. The first-order valence-corrected chi connectivity index (χ1v) is 8.01. The summed E-state index contributed by atoms with van der Waals surface area (Å²) in [5.74, 6) is -0.635. The molecule has 2 aromatic carbocycles. The predicted octanol–water partition coefficient (Wildman–Crippen LogP) is 4.20. The van der Waals surface area contributed by atoms with Crippen LogP contribution in [0.2, 0.25) is 0 Å². The minimum Gasteiger partial charge on any atom is -0.326 e. The average Bonchev–Trinajstić information content (AvgIpc) is 2.46. The number of aryl methyl sites for hydroxylation is 5. The van der Waals surface area contributed by atoms with Crippen LogP contribution < -0.4 is 10.6 Å². The molecule has 0 atom stereocenters. The summed E-state index contributed by atoms with van der Waals surface area (Å²) in [4.78, 5) is 24.2. The quantitative estimate of drug-likeness (QED) is 0.828. The third kappa shape index (κ3) is 4.44. The van der Waals surface area contributed by atoms with Crippen LogP contribution >= 0.6 is 0 Å². The van der Waals surface area contributed by atoms with Crippen LogP contribution in [0, 0.1) is 34.6 Å². The van der Waals surface area contributed by atoms with Crippen LogP contribution in [0.4, 0.5) is 11.4 Å². The van der Waals surface area contributed by atoms with Gasteiger partial charge in [0.1, 0.15) is 6.42 Å². The Balaban J connectivity index is 1.99. The van der Waals surface area contributed by atoms with Crippen LogP contribution in [0.1, 0.15) is 34.2 Å². The molecular formula is C20H24N2O2. The Morgan fingerprint density at radius 2 is 1.33 bits per heavy atom. The summed E-state index contributed by atoms with van der Waals surface area (Å²) < 4.78 is 0. The molecule has 0 aromatic heterocycles. The highest BCUT2D eigenvalue weighted by Gasteiger charge is 2.13. The van der Waals surface area contributed by atoms with Gasteiger partial charge in [0.25, 0.3) is 0 Å². The third-order valence-electron chi connectivity index (χ3n) is 4.05. The SMILES string of the molecule is Cc1cc(C)c(NC(=O)CC(=O)Nc2ccc(C)c(C)c2)c(C)c1. The van der Waals surface area contributed by atoms with Gasteiger partial charge in [-0.15, -0.1) is 0 Å². The molecule has 4 nitrogen and oxygen atoms in total. The summed E-state index contributed by atoms with van der Waals surface area (Å²) in [5.41, 5.74) is 6.89. The van der Waals surface area contributed by atoms with Gasteiger partial charge in [0.2, 0.25) is 11.8 Å². The van der Waals surface area contributed by atoms with Gasteiger partial charge in [-0.25, -0.2) is 0 Å². The van der Waals surface area contributed by atoms with Crippen molar-refractivity contribution in [2.45, 2.75) is 41.0 Å². The lowest BCUT2D eigenvalue weighted by Gasteiger charge is -2.13. The summed E-state index contributed by atoms with van der Waals surface area (Å²) >= 11 is 0. The summed E-state index contributed by atoms with van der Waals surface area (Å²) in [6, 6.07) is 9.71. The minimum atomic E-state index is -0.321. The van der Waals surface area contributed by atoms with Crippen molar-refractivity contribution in [3.63, 3.8) is 0 Å². The second-order valence-corrected chi connectivity index (χ2v) is 6.35. The number of amides is 2. The molecule has 0 bridgehead atoms. The monoisotopic (exact) mass is 324 g/mol. The van der Waals surface area contributed by atoms with E-state index in [1.807, 2.05) is 65.0 Å². The molecule has 126 valence electrons. The van der Waals surface area contributed by atoms with E-state index in [0.717, 1.165) is 33.5 Å². The minimum absolute atomic E-state index is 0.209. The number of rotatable bonds is 4. The number of hydrogen-bond acceptors (Lipinski definition) is 2. The van der Waals surface area contributed by atoms with Gasteiger partial charge in [0, 0.05) is 11.4 Å². The van der Waals surface area contributed by atoms with Crippen LogP contribution in [0.25, 0.3) is 0 Å². The highest BCUT2D eigenvalue weighted by molar-refractivity contribution is 6.08. The predicted molar refractivity (Wildman–Crippen MR) is 98.4 cm³/mol. The molecule has 2 rings (SSSR count). The van der Waals surface area contributed by atoms with Crippen molar-refractivity contribution in [2.75, 3.05) is 10.6 Å². The average molecular weight is 324 g/mol. The molecule has 24 heavy (non-hydrogen) atoms. The largest absolute Gasteiger partial charge is 0.326 e. The Morgan fingerprint density at radius 3 is 1.92 bits per heavy atom. The molecule has 0 aliphatic carbocycles. The van der Waals surface area contributed by atoms with E-state index in [9.17, 15) is 9.59 Å². The van der Waals surface area contributed by atoms with Crippen LogP contribution in [-0.2, 0) is 9.59 Å². The van der Waals surface area contributed by atoms with Crippen LogP contribution in [0.3, 0.4) is 0 Å². The van der Waals surface area contributed by atoms with Crippen molar-refractivity contribution in [1.29, 1.82) is 0 Å². The smallest absolute Gasteiger partial charge is 0.233 e. The Labute approximate surface area is 143 Å². The van der Waals surface area contributed by atoms with Crippen LogP contribution in [0.5, 0.6) is 0 Å². The van der Waals surface area contributed by atoms with Gasteiger partial charge in [0.05, 0.1) is 0 Å². The summed E-state index contributed by atoms with van der Waals surface area (Å²) in [6.07, 6.45) is -0.209. The first kappa shape index (κ1) is 17.7. The Kier molecular flexibility index (Phi) is 5.39. The molecule has 0 radical (unpaired) electrons. The van der Waals surface area contributed by atoms with Gasteiger partial charge >= 0.3 is 0 Å². The zero-order valence-corrected chi connectivity index (χ0v) is 14.9. The maximum absolute atomic E-state index is 12.2. The van der Waals surface area contributed by atoms with Crippen LogP contribution in [0.15, 0.2) is 30.3 Å². The van der Waals surface area contributed by atoms with Gasteiger partial charge in [-0.3, -0.25) is 9.59 Å². The fourth-order valence-corrected chi connectivity index (χ4v) is 2.73. The Hall–Kier alpha value is -2.62. The first-order valence-electron chi connectivity index (χ1n) is 8.01. The van der Waals surface area contributed by atoms with Crippen molar-refractivity contribution >= 4 is 23.2 Å². The Morgan fingerprint density at radius 1 is 0.750 bits per heavy atom. The third-order valence-corrected chi connectivity index (χ3v) is 4.05. The molecule has 0 saturated carbocycles. The number of carbonyl (C=O) groups is 2. The molecule has 2 N–H and O–H groups in total. The van der Waals surface area contributed by atoms with E-state index < -0.39 is 0 Å². The van der Waals surface area contributed by atoms with E-state index in [0.29, 0.717) is 5.69 Å². The standard InChI is InChI=1S/C20H24N2O2/c1-12-8-15(4)20(16(5)9-12)22-19(24)11-18(23)21-17-7-6-13(2)14(3)10-17/h6-10H,11H2,1-5H3,(H,21,23)(H,22,24). The lowest BCUT2D eigenvalue weighted by Crippen LogP contribution is -2.22. The zero-order valence-electron chi connectivity index (χ0n) is 14.9. The number of nitrogens with one attached hydrogen (secondary N) is 2. The molecule has 0 unspecified atom stereocenters. The van der Waals surface area contributed by atoms with E-state index in [2.05, 4.69) is 10.6 Å². The summed E-state index contributed by atoms with van der Waals surface area (Å²) in [7, 11) is 0. The van der Waals surface area contributed by atoms with Gasteiger partial charge in [-0.2, -0.15) is 0 Å². The summed E-state index contributed by atoms with van der Waals surface area (Å²) in [6.45, 7) is 9.92. The number of benzene rings is 2. The van der Waals surface area contributed by atoms with E-state index in [-0.39, 0.29) is 18.2 Å². The number of anilines is 2. The van der Waals surface area contributed by atoms with Crippen LogP contribution in [-0.4, -0.2) is 11.8 Å². The second-order valence-electron chi connectivity index (χ2n) is 6.35.